The lowest BCUT2D eigenvalue weighted by Gasteiger charge is -2.60. The summed E-state index contributed by atoms with van der Waals surface area (Å²) in [6.45, 7) is 8.70. The molecule has 8 heteroatoms. The first-order chi connectivity index (χ1) is 19.4. The number of benzene rings is 1. The number of halogens is 3. The van der Waals surface area contributed by atoms with Gasteiger partial charge in [0, 0.05) is 41.4 Å². The van der Waals surface area contributed by atoms with Crippen LogP contribution in [0.1, 0.15) is 97.5 Å². The lowest BCUT2D eigenvalue weighted by molar-refractivity contribution is -0.322. The molecule has 1 heterocycles. The van der Waals surface area contributed by atoms with E-state index in [2.05, 4.69) is 38.1 Å². The van der Waals surface area contributed by atoms with Crippen LogP contribution >= 0.6 is 11.8 Å². The van der Waals surface area contributed by atoms with Gasteiger partial charge in [-0.05, 0) is 86.8 Å². The van der Waals surface area contributed by atoms with Gasteiger partial charge in [-0.25, -0.2) is 13.2 Å². The maximum atomic E-state index is 16.3. The molecule has 3 saturated carbocycles. The van der Waals surface area contributed by atoms with Crippen LogP contribution in [0.15, 0.2) is 40.3 Å². The summed E-state index contributed by atoms with van der Waals surface area (Å²) in [5, 5.41) is 24.4. The van der Waals surface area contributed by atoms with Crippen molar-refractivity contribution in [3.8, 4) is 0 Å². The van der Waals surface area contributed by atoms with Gasteiger partial charge in [0.2, 0.25) is 0 Å². The Kier molecular flexibility index (Phi) is 7.16. The van der Waals surface area contributed by atoms with Gasteiger partial charge in [-0.1, -0.05) is 38.5 Å². The van der Waals surface area contributed by atoms with Crippen LogP contribution in [-0.2, 0) is 9.47 Å². The number of alkyl halides is 3. The number of aliphatic hydroxyl groups is 2. The summed E-state index contributed by atoms with van der Waals surface area (Å²) in [6, 6.07) is 8.28. The number of fused-ring (bicyclic) bond motifs is 4. The fourth-order valence-electron chi connectivity index (χ4n) is 9.53. The smallest absolute Gasteiger partial charge is 0.281 e. The molecular formula is C34H47F3O4S. The van der Waals surface area contributed by atoms with Crippen molar-refractivity contribution in [2.24, 2.45) is 22.7 Å². The van der Waals surface area contributed by atoms with E-state index in [9.17, 15) is 19.0 Å². The highest BCUT2D eigenvalue weighted by Gasteiger charge is 2.74. The normalized spacial score (nSPS) is 40.7. The summed E-state index contributed by atoms with van der Waals surface area (Å²) in [4.78, 5) is 1.11. The average molecular weight is 609 g/mol. The Balaban J connectivity index is 1.45. The highest BCUT2D eigenvalue weighted by atomic mass is 32.2. The molecule has 1 aliphatic heterocycles. The summed E-state index contributed by atoms with van der Waals surface area (Å²) < 4.78 is 58.6. The minimum Gasteiger partial charge on any atom is -0.386 e. The minimum absolute atomic E-state index is 0.00725. The molecule has 5 aliphatic rings. The highest BCUT2D eigenvalue weighted by molar-refractivity contribution is 7.98. The number of allylic oxidation sites excluding steroid dienone is 1. The van der Waals surface area contributed by atoms with E-state index in [1.807, 2.05) is 13.2 Å². The van der Waals surface area contributed by atoms with Crippen molar-refractivity contribution in [2.45, 2.75) is 125 Å². The van der Waals surface area contributed by atoms with Crippen molar-refractivity contribution in [1.29, 1.82) is 0 Å². The van der Waals surface area contributed by atoms with E-state index < -0.39 is 34.0 Å². The van der Waals surface area contributed by atoms with Gasteiger partial charge in [0.1, 0.15) is 5.60 Å². The SMILES string of the molecule is CSc1ccc([C@H]2CC3(C)C(CC[C@@]3(O)C(C)(F)C(C)(F)F)C3CC[C@@]4(O)CC5(CCC4=C32)OCC(C)(C)CO5)cc1. The van der Waals surface area contributed by atoms with Crippen LogP contribution < -0.4 is 0 Å². The molecule has 42 heavy (non-hydrogen) atoms. The fourth-order valence-corrected chi connectivity index (χ4v) is 9.94. The van der Waals surface area contributed by atoms with Crippen LogP contribution in [0.25, 0.3) is 0 Å². The zero-order valence-electron chi connectivity index (χ0n) is 25.9. The standard InChI is InChI=1S/C34H47F3O4S/c1-28(2)19-40-33(41-20-28)15-12-26-27-23(11-14-32(26,38)18-33)25-13-16-34(39,30(4,35)31(5,36)37)29(25,3)17-24(27)21-7-9-22(42-6)10-8-21/h7-10,23-25,38-39H,11-20H2,1-6H3/t23?,24-,25?,29?,30?,32-,34+/m1/s1. The van der Waals surface area contributed by atoms with Crippen molar-refractivity contribution in [3.05, 3.63) is 41.0 Å². The minimum atomic E-state index is -3.70. The summed E-state index contributed by atoms with van der Waals surface area (Å²) in [6.07, 6.45) is 5.64. The van der Waals surface area contributed by atoms with Crippen LogP contribution in [0.5, 0.6) is 0 Å². The first-order valence-electron chi connectivity index (χ1n) is 15.6. The van der Waals surface area contributed by atoms with Gasteiger partial charge in [-0.3, -0.25) is 0 Å². The van der Waals surface area contributed by atoms with Gasteiger partial charge in [0.15, 0.2) is 11.5 Å². The zero-order valence-corrected chi connectivity index (χ0v) is 26.7. The maximum absolute atomic E-state index is 16.3. The third-order valence-electron chi connectivity index (χ3n) is 12.1. The molecule has 4 aliphatic carbocycles. The van der Waals surface area contributed by atoms with Crippen molar-refractivity contribution in [1.82, 2.24) is 0 Å². The van der Waals surface area contributed by atoms with Gasteiger partial charge in [0.25, 0.3) is 5.92 Å². The molecule has 2 N–H and O–H groups in total. The Morgan fingerprint density at radius 1 is 0.929 bits per heavy atom. The van der Waals surface area contributed by atoms with Crippen LogP contribution in [0.3, 0.4) is 0 Å². The second-order valence-corrected chi connectivity index (χ2v) is 16.2. The van der Waals surface area contributed by atoms with Crippen LogP contribution in [0.4, 0.5) is 13.2 Å². The second kappa shape index (κ2) is 9.72. The topological polar surface area (TPSA) is 58.9 Å². The van der Waals surface area contributed by atoms with Crippen molar-refractivity contribution in [2.75, 3.05) is 19.5 Å². The molecule has 1 saturated heterocycles. The summed E-state index contributed by atoms with van der Waals surface area (Å²) in [7, 11) is 0. The Bertz CT molecular complexity index is 1250. The first kappa shape index (κ1) is 30.9. The van der Waals surface area contributed by atoms with E-state index in [0.29, 0.717) is 65.1 Å². The second-order valence-electron chi connectivity index (χ2n) is 15.3. The predicted molar refractivity (Wildman–Crippen MR) is 158 cm³/mol. The molecule has 1 spiro atoms. The van der Waals surface area contributed by atoms with Crippen LogP contribution in [-0.4, -0.2) is 58.3 Å². The number of ether oxygens (including phenoxy) is 2. The van der Waals surface area contributed by atoms with Gasteiger partial charge in [-0.15, -0.1) is 11.8 Å². The summed E-state index contributed by atoms with van der Waals surface area (Å²) in [5.74, 6) is -4.92. The molecule has 0 bridgehead atoms. The van der Waals surface area contributed by atoms with E-state index in [0.717, 1.165) is 23.0 Å². The first-order valence-corrected chi connectivity index (χ1v) is 16.8. The molecule has 6 rings (SSSR count). The van der Waals surface area contributed by atoms with E-state index >= 15 is 4.39 Å². The van der Waals surface area contributed by atoms with Crippen LogP contribution in [0, 0.1) is 22.7 Å². The third kappa shape index (κ3) is 4.39. The van der Waals surface area contributed by atoms with Gasteiger partial charge in [-0.2, -0.15) is 0 Å². The van der Waals surface area contributed by atoms with Gasteiger partial charge in [0.05, 0.1) is 18.8 Å². The van der Waals surface area contributed by atoms with Gasteiger partial charge < -0.3 is 19.7 Å². The molecule has 4 unspecified atom stereocenters. The molecule has 1 aromatic carbocycles. The Morgan fingerprint density at radius 2 is 1.57 bits per heavy atom. The Hall–Kier alpha value is -1.06. The largest absolute Gasteiger partial charge is 0.386 e. The molecule has 234 valence electrons. The number of hydrogen-bond donors (Lipinski definition) is 2. The molecule has 0 amide bonds. The fraction of sp³-hybridized carbons (Fsp3) is 0.765. The summed E-state index contributed by atoms with van der Waals surface area (Å²) >= 11 is 1.64. The van der Waals surface area contributed by atoms with Crippen LogP contribution in [0.2, 0.25) is 0 Å². The van der Waals surface area contributed by atoms with Crippen molar-refractivity contribution in [3.63, 3.8) is 0 Å². The molecule has 0 aromatic heterocycles. The molecule has 4 nitrogen and oxygen atoms in total. The van der Waals surface area contributed by atoms with E-state index in [4.69, 9.17) is 9.47 Å². The maximum Gasteiger partial charge on any atom is 0.281 e. The van der Waals surface area contributed by atoms with E-state index in [1.54, 1.807) is 11.8 Å². The van der Waals surface area contributed by atoms with Crippen molar-refractivity contribution < 1.29 is 32.9 Å². The molecule has 4 fully saturated rings. The molecule has 1 aromatic rings. The van der Waals surface area contributed by atoms with Gasteiger partial charge >= 0.3 is 0 Å². The van der Waals surface area contributed by atoms with Crippen molar-refractivity contribution >= 4 is 11.8 Å². The Morgan fingerprint density at radius 3 is 2.17 bits per heavy atom. The Labute approximate surface area is 252 Å². The average Bonchev–Trinajstić information content (AvgIpc) is 3.20. The lowest BCUT2D eigenvalue weighted by Crippen LogP contribution is -2.66. The lowest BCUT2D eigenvalue weighted by atomic mass is 9.48. The quantitative estimate of drug-likeness (QED) is 0.270. The third-order valence-corrected chi connectivity index (χ3v) is 12.9. The number of thioether (sulfide) groups is 1. The van der Waals surface area contributed by atoms with E-state index in [1.165, 1.54) is 5.57 Å². The molecule has 0 radical (unpaired) electrons. The number of hydrogen-bond acceptors (Lipinski definition) is 5. The zero-order chi connectivity index (χ0) is 30.6. The van der Waals surface area contributed by atoms with E-state index in [-0.39, 0.29) is 29.6 Å². The monoisotopic (exact) mass is 608 g/mol. The predicted octanol–water partition coefficient (Wildman–Crippen LogP) is 7.82. The number of rotatable bonds is 4. The molecule has 7 atom stereocenters. The molecular weight excluding hydrogens is 561 g/mol. The summed E-state index contributed by atoms with van der Waals surface area (Å²) in [5.41, 5.74) is -4.27. The highest BCUT2D eigenvalue weighted by Crippen LogP contribution is 2.71.